The molecule has 0 radical (unpaired) electrons. The molecule has 0 bridgehead atoms. The third kappa shape index (κ3) is 2.83. The Morgan fingerprint density at radius 3 is 2.62 bits per heavy atom. The van der Waals surface area contributed by atoms with Gasteiger partial charge in [0.1, 0.15) is 11.1 Å². The molecule has 0 aliphatic heterocycles. The van der Waals surface area contributed by atoms with Gasteiger partial charge in [0.05, 0.1) is 15.7 Å². The van der Waals surface area contributed by atoms with Gasteiger partial charge in [-0.2, -0.15) is 0 Å². The SMILES string of the molecule is N=c1oc2ccc3ccccc3c2cc1C(=O)Nc1cccc(Cl)c1Cl. The van der Waals surface area contributed by atoms with Crippen LogP contribution in [0.4, 0.5) is 5.69 Å². The van der Waals surface area contributed by atoms with Crippen LogP contribution < -0.4 is 10.9 Å². The number of anilines is 1. The van der Waals surface area contributed by atoms with Crippen LogP contribution in [-0.4, -0.2) is 5.91 Å². The van der Waals surface area contributed by atoms with Gasteiger partial charge in [0, 0.05) is 5.39 Å². The first-order valence-corrected chi connectivity index (χ1v) is 8.56. The predicted octanol–water partition coefficient (Wildman–Crippen LogP) is 5.62. The first-order valence-electron chi connectivity index (χ1n) is 7.80. The molecule has 1 amide bonds. The Morgan fingerprint density at radius 1 is 0.962 bits per heavy atom. The molecule has 2 N–H and O–H groups in total. The van der Waals surface area contributed by atoms with Gasteiger partial charge in [-0.3, -0.25) is 10.2 Å². The number of hydrogen-bond donors (Lipinski definition) is 2. The average molecular weight is 383 g/mol. The summed E-state index contributed by atoms with van der Waals surface area (Å²) in [4.78, 5) is 12.7. The highest BCUT2D eigenvalue weighted by Gasteiger charge is 2.15. The number of halogens is 2. The number of benzene rings is 3. The number of hydrogen-bond acceptors (Lipinski definition) is 3. The Balaban J connectivity index is 1.84. The first-order chi connectivity index (χ1) is 12.5. The molecule has 0 aliphatic carbocycles. The van der Waals surface area contributed by atoms with Gasteiger partial charge in [-0.05, 0) is 35.0 Å². The zero-order valence-electron chi connectivity index (χ0n) is 13.3. The normalized spacial score (nSPS) is 11.0. The van der Waals surface area contributed by atoms with Crippen molar-refractivity contribution < 1.29 is 9.21 Å². The molecule has 0 atom stereocenters. The van der Waals surface area contributed by atoms with Gasteiger partial charge in [0.15, 0.2) is 0 Å². The van der Waals surface area contributed by atoms with E-state index in [9.17, 15) is 4.79 Å². The van der Waals surface area contributed by atoms with Gasteiger partial charge < -0.3 is 9.73 Å². The zero-order chi connectivity index (χ0) is 18.3. The molecule has 0 saturated heterocycles. The summed E-state index contributed by atoms with van der Waals surface area (Å²) in [7, 11) is 0. The van der Waals surface area contributed by atoms with Crippen LogP contribution in [-0.2, 0) is 0 Å². The molecule has 3 aromatic carbocycles. The van der Waals surface area contributed by atoms with Crippen LogP contribution in [0.25, 0.3) is 21.7 Å². The molecule has 0 spiro atoms. The highest BCUT2D eigenvalue weighted by Crippen LogP contribution is 2.30. The maximum Gasteiger partial charge on any atom is 0.261 e. The Labute approximate surface area is 158 Å². The molecule has 4 rings (SSSR count). The molecular weight excluding hydrogens is 371 g/mol. The number of carbonyl (C=O) groups is 1. The molecule has 1 aromatic heterocycles. The minimum absolute atomic E-state index is 0.116. The van der Waals surface area contributed by atoms with E-state index in [-0.39, 0.29) is 16.1 Å². The van der Waals surface area contributed by atoms with Crippen molar-refractivity contribution in [1.29, 1.82) is 5.41 Å². The van der Waals surface area contributed by atoms with E-state index in [1.54, 1.807) is 30.3 Å². The van der Waals surface area contributed by atoms with Gasteiger partial charge in [-0.25, -0.2) is 0 Å². The average Bonchev–Trinajstić information content (AvgIpc) is 2.64. The summed E-state index contributed by atoms with van der Waals surface area (Å²) in [6.45, 7) is 0. The van der Waals surface area contributed by atoms with Crippen molar-refractivity contribution in [3.8, 4) is 0 Å². The van der Waals surface area contributed by atoms with E-state index >= 15 is 0 Å². The number of rotatable bonds is 2. The summed E-state index contributed by atoms with van der Waals surface area (Å²) in [6, 6.07) is 18.1. The minimum Gasteiger partial charge on any atom is -0.438 e. The first kappa shape index (κ1) is 16.6. The summed E-state index contributed by atoms with van der Waals surface area (Å²) >= 11 is 12.1. The van der Waals surface area contributed by atoms with E-state index in [4.69, 9.17) is 33.0 Å². The fourth-order valence-electron chi connectivity index (χ4n) is 2.85. The number of fused-ring (bicyclic) bond motifs is 3. The fraction of sp³-hybridized carbons (Fsp3) is 0. The van der Waals surface area contributed by atoms with Crippen LogP contribution in [0, 0.1) is 5.41 Å². The van der Waals surface area contributed by atoms with E-state index in [1.807, 2.05) is 30.3 Å². The van der Waals surface area contributed by atoms with E-state index in [1.165, 1.54) is 0 Å². The predicted molar refractivity (Wildman–Crippen MR) is 104 cm³/mol. The second-order valence-corrected chi connectivity index (χ2v) is 6.53. The maximum absolute atomic E-state index is 12.7. The summed E-state index contributed by atoms with van der Waals surface area (Å²) in [5, 5.41) is 14.1. The maximum atomic E-state index is 12.7. The van der Waals surface area contributed by atoms with Gasteiger partial charge in [0.25, 0.3) is 5.91 Å². The van der Waals surface area contributed by atoms with Crippen molar-refractivity contribution in [2.75, 3.05) is 5.32 Å². The molecular formula is C20H12Cl2N2O2. The molecule has 0 aliphatic rings. The van der Waals surface area contributed by atoms with Crippen LogP contribution in [0.5, 0.6) is 0 Å². The number of amides is 1. The van der Waals surface area contributed by atoms with Crippen LogP contribution in [0.2, 0.25) is 10.0 Å². The van der Waals surface area contributed by atoms with Gasteiger partial charge in [-0.15, -0.1) is 0 Å². The number of nitrogens with one attached hydrogen (secondary N) is 2. The second-order valence-electron chi connectivity index (χ2n) is 5.74. The van der Waals surface area contributed by atoms with E-state index in [0.717, 1.165) is 16.2 Å². The lowest BCUT2D eigenvalue weighted by Crippen LogP contribution is -2.21. The van der Waals surface area contributed by atoms with Crippen molar-refractivity contribution in [3.63, 3.8) is 0 Å². The largest absolute Gasteiger partial charge is 0.438 e. The Bertz CT molecular complexity index is 1230. The topological polar surface area (TPSA) is 66.1 Å². The molecule has 0 unspecified atom stereocenters. The molecule has 4 nitrogen and oxygen atoms in total. The van der Waals surface area contributed by atoms with Crippen molar-refractivity contribution in [2.45, 2.75) is 0 Å². The molecule has 26 heavy (non-hydrogen) atoms. The molecule has 1 heterocycles. The Hall–Kier alpha value is -2.82. The summed E-state index contributed by atoms with van der Waals surface area (Å²) in [5.74, 6) is -0.488. The van der Waals surface area contributed by atoms with Crippen molar-refractivity contribution in [3.05, 3.63) is 81.8 Å². The number of carbonyl (C=O) groups excluding carboxylic acids is 1. The minimum atomic E-state index is -0.488. The second kappa shape index (κ2) is 6.48. The summed E-state index contributed by atoms with van der Waals surface area (Å²) in [6.07, 6.45) is 0. The van der Waals surface area contributed by atoms with Crippen LogP contribution in [0.15, 0.2) is 65.1 Å². The molecule has 128 valence electrons. The van der Waals surface area contributed by atoms with E-state index < -0.39 is 5.91 Å². The van der Waals surface area contributed by atoms with Gasteiger partial charge >= 0.3 is 0 Å². The molecule has 4 aromatic rings. The Kier molecular flexibility index (Phi) is 4.15. The monoisotopic (exact) mass is 382 g/mol. The highest BCUT2D eigenvalue weighted by atomic mass is 35.5. The lowest BCUT2D eigenvalue weighted by Gasteiger charge is -2.09. The van der Waals surface area contributed by atoms with Crippen molar-refractivity contribution >= 4 is 56.5 Å². The van der Waals surface area contributed by atoms with Crippen LogP contribution >= 0.6 is 23.2 Å². The third-order valence-electron chi connectivity index (χ3n) is 4.12. The van der Waals surface area contributed by atoms with Crippen LogP contribution in [0.1, 0.15) is 10.4 Å². The summed E-state index contributed by atoms with van der Waals surface area (Å²) < 4.78 is 5.56. The van der Waals surface area contributed by atoms with Crippen molar-refractivity contribution in [1.82, 2.24) is 0 Å². The molecule has 0 saturated carbocycles. The smallest absolute Gasteiger partial charge is 0.261 e. The molecule has 6 heteroatoms. The van der Waals surface area contributed by atoms with Gasteiger partial charge in [-0.1, -0.05) is 59.6 Å². The van der Waals surface area contributed by atoms with Crippen LogP contribution in [0.3, 0.4) is 0 Å². The quantitative estimate of drug-likeness (QED) is 0.441. The third-order valence-corrected chi connectivity index (χ3v) is 4.94. The Morgan fingerprint density at radius 2 is 1.77 bits per heavy atom. The summed E-state index contributed by atoms with van der Waals surface area (Å²) in [5.41, 5.74) is 0.820. The molecule has 0 fully saturated rings. The van der Waals surface area contributed by atoms with E-state index in [0.29, 0.717) is 16.3 Å². The van der Waals surface area contributed by atoms with E-state index in [2.05, 4.69) is 5.32 Å². The highest BCUT2D eigenvalue weighted by molar-refractivity contribution is 6.44. The fourth-order valence-corrected chi connectivity index (χ4v) is 3.19. The standard InChI is InChI=1S/C20H12Cl2N2O2/c21-15-6-3-7-16(18(15)22)24-20(25)14-10-13-12-5-2-1-4-11(12)8-9-17(13)26-19(14)23/h1-10,23H,(H,24,25). The lowest BCUT2D eigenvalue weighted by atomic mass is 10.0. The van der Waals surface area contributed by atoms with Gasteiger partial charge in [0.2, 0.25) is 5.55 Å². The van der Waals surface area contributed by atoms with Crippen molar-refractivity contribution in [2.24, 2.45) is 0 Å². The zero-order valence-corrected chi connectivity index (χ0v) is 14.9. The lowest BCUT2D eigenvalue weighted by molar-refractivity contribution is 0.102.